The first-order valence-corrected chi connectivity index (χ1v) is 10.4. The third-order valence-corrected chi connectivity index (χ3v) is 5.92. The molecule has 1 aliphatic heterocycles. The van der Waals surface area contributed by atoms with Crippen molar-refractivity contribution in [1.29, 1.82) is 0 Å². The summed E-state index contributed by atoms with van der Waals surface area (Å²) < 4.78 is 14.2. The molecule has 3 aromatic rings. The van der Waals surface area contributed by atoms with Gasteiger partial charge < -0.3 is 5.32 Å². The number of para-hydroxylation sites is 1. The summed E-state index contributed by atoms with van der Waals surface area (Å²) in [6.45, 7) is 0. The lowest BCUT2D eigenvalue weighted by molar-refractivity contribution is -0.120. The third-order valence-electron chi connectivity index (χ3n) is 4.29. The van der Waals surface area contributed by atoms with E-state index in [1.54, 1.807) is 6.07 Å². The number of imide groups is 1. The number of nitrogens with zero attached hydrogens (tertiary/aromatic N) is 1. The number of thioether (sulfide) groups is 1. The van der Waals surface area contributed by atoms with E-state index in [1.807, 2.05) is 30.3 Å². The minimum Gasteiger partial charge on any atom is -0.348 e. The van der Waals surface area contributed by atoms with Crippen molar-refractivity contribution in [2.24, 2.45) is 0 Å². The molecule has 0 fully saturated rings. The van der Waals surface area contributed by atoms with Crippen LogP contribution < -0.4 is 10.2 Å². The molecular formula is C22H13Cl2FN2O2S. The highest BCUT2D eigenvalue weighted by atomic mass is 35.5. The fourth-order valence-corrected chi connectivity index (χ4v) is 4.34. The fourth-order valence-electron chi connectivity index (χ4n) is 2.90. The fraction of sp³-hybridized carbons (Fsp3) is 0. The van der Waals surface area contributed by atoms with Gasteiger partial charge in [-0.2, -0.15) is 0 Å². The lowest BCUT2D eigenvalue weighted by Crippen LogP contribution is -2.32. The summed E-state index contributed by atoms with van der Waals surface area (Å²) in [5.41, 5.74) is 0.265. The van der Waals surface area contributed by atoms with Gasteiger partial charge in [0.05, 0.1) is 16.4 Å². The average molecular weight is 459 g/mol. The Morgan fingerprint density at radius 2 is 1.57 bits per heavy atom. The molecule has 150 valence electrons. The van der Waals surface area contributed by atoms with Gasteiger partial charge in [-0.1, -0.05) is 65.3 Å². The van der Waals surface area contributed by atoms with Crippen molar-refractivity contribution in [3.63, 3.8) is 0 Å². The summed E-state index contributed by atoms with van der Waals surface area (Å²) in [4.78, 5) is 28.3. The number of rotatable bonds is 5. The van der Waals surface area contributed by atoms with Crippen molar-refractivity contribution >= 4 is 58.2 Å². The van der Waals surface area contributed by atoms with Crippen molar-refractivity contribution in [2.75, 3.05) is 10.2 Å². The summed E-state index contributed by atoms with van der Waals surface area (Å²) >= 11 is 13.3. The van der Waals surface area contributed by atoms with E-state index in [2.05, 4.69) is 5.32 Å². The van der Waals surface area contributed by atoms with Gasteiger partial charge >= 0.3 is 0 Å². The van der Waals surface area contributed by atoms with Crippen LogP contribution in [0.1, 0.15) is 0 Å². The number of carbonyl (C=O) groups excluding carboxylic acids is 2. The molecule has 0 bridgehead atoms. The van der Waals surface area contributed by atoms with Crippen LogP contribution in [0.2, 0.25) is 10.0 Å². The highest BCUT2D eigenvalue weighted by Crippen LogP contribution is 2.40. The second-order valence-corrected chi connectivity index (χ2v) is 8.19. The van der Waals surface area contributed by atoms with E-state index in [0.29, 0.717) is 5.02 Å². The molecular weight excluding hydrogens is 446 g/mol. The molecule has 3 aromatic carbocycles. The number of carbonyl (C=O) groups is 2. The number of hydrogen-bond acceptors (Lipinski definition) is 4. The molecule has 1 aliphatic rings. The van der Waals surface area contributed by atoms with Gasteiger partial charge in [0.2, 0.25) is 0 Å². The molecule has 4 rings (SSSR count). The molecule has 1 N–H and O–H groups in total. The molecule has 0 radical (unpaired) electrons. The van der Waals surface area contributed by atoms with E-state index >= 15 is 0 Å². The Morgan fingerprint density at radius 3 is 2.27 bits per heavy atom. The molecule has 2 amide bonds. The zero-order valence-corrected chi connectivity index (χ0v) is 17.6. The predicted octanol–water partition coefficient (Wildman–Crippen LogP) is 6.12. The van der Waals surface area contributed by atoms with Crippen LogP contribution in [0, 0.1) is 5.82 Å². The summed E-state index contributed by atoms with van der Waals surface area (Å²) in [6.07, 6.45) is 0. The van der Waals surface area contributed by atoms with Gasteiger partial charge in [0, 0.05) is 9.92 Å². The number of halogens is 3. The summed E-state index contributed by atoms with van der Waals surface area (Å²) in [5, 5.41) is 3.32. The molecule has 1 heterocycles. The van der Waals surface area contributed by atoms with Crippen LogP contribution in [0.4, 0.5) is 15.8 Å². The molecule has 0 atom stereocenters. The maximum atomic E-state index is 14.2. The third kappa shape index (κ3) is 3.94. The zero-order chi connectivity index (χ0) is 21.3. The monoisotopic (exact) mass is 458 g/mol. The van der Waals surface area contributed by atoms with E-state index in [4.69, 9.17) is 23.2 Å². The van der Waals surface area contributed by atoms with Crippen LogP contribution in [0.25, 0.3) is 0 Å². The maximum Gasteiger partial charge on any atom is 0.283 e. The minimum absolute atomic E-state index is 0.0232. The number of hydrogen-bond donors (Lipinski definition) is 1. The van der Waals surface area contributed by atoms with Crippen molar-refractivity contribution in [1.82, 2.24) is 0 Å². The summed E-state index contributed by atoms with van der Waals surface area (Å²) in [7, 11) is 0. The lowest BCUT2D eigenvalue weighted by Gasteiger charge is -2.17. The van der Waals surface area contributed by atoms with Crippen LogP contribution in [-0.2, 0) is 9.59 Å². The van der Waals surface area contributed by atoms with Crippen molar-refractivity contribution < 1.29 is 14.0 Å². The van der Waals surface area contributed by atoms with Gasteiger partial charge in [-0.25, -0.2) is 9.29 Å². The Hall–Kier alpha value is -2.80. The number of anilines is 2. The number of nitrogens with one attached hydrogen (secondary N) is 1. The quantitative estimate of drug-likeness (QED) is 0.467. The van der Waals surface area contributed by atoms with E-state index in [9.17, 15) is 14.0 Å². The predicted molar refractivity (Wildman–Crippen MR) is 118 cm³/mol. The van der Waals surface area contributed by atoms with Gasteiger partial charge in [0.15, 0.2) is 0 Å². The Labute approximate surface area is 186 Å². The Kier molecular flexibility index (Phi) is 5.81. The van der Waals surface area contributed by atoms with Crippen LogP contribution >= 0.6 is 35.0 Å². The zero-order valence-electron chi connectivity index (χ0n) is 15.2. The smallest absolute Gasteiger partial charge is 0.283 e. The lowest BCUT2D eigenvalue weighted by atomic mass is 10.2. The van der Waals surface area contributed by atoms with E-state index in [1.165, 1.54) is 36.4 Å². The highest BCUT2D eigenvalue weighted by molar-refractivity contribution is 8.04. The summed E-state index contributed by atoms with van der Waals surface area (Å²) in [6, 6.07) is 19.5. The van der Waals surface area contributed by atoms with E-state index < -0.39 is 17.6 Å². The maximum absolute atomic E-state index is 14.2. The molecule has 0 saturated carbocycles. The molecule has 0 unspecified atom stereocenters. The van der Waals surface area contributed by atoms with Crippen molar-refractivity contribution in [3.8, 4) is 0 Å². The normalized spacial score (nSPS) is 13.9. The topological polar surface area (TPSA) is 49.4 Å². The standard InChI is InChI=1S/C22H13Cl2FN2O2S/c23-13-10-11-18(15(24)12-13)27-21(28)19(26-17-9-5-4-8-16(17)25)20(22(27)29)30-14-6-2-1-3-7-14/h1-12,26H. The van der Waals surface area contributed by atoms with Gasteiger partial charge in [0.25, 0.3) is 11.8 Å². The first kappa shape index (κ1) is 20.5. The first-order chi connectivity index (χ1) is 14.5. The molecule has 0 saturated heterocycles. The summed E-state index contributed by atoms with van der Waals surface area (Å²) in [5.74, 6) is -1.74. The SMILES string of the molecule is O=C1C(Nc2ccccc2F)=C(Sc2ccccc2)C(=O)N1c1ccc(Cl)cc1Cl. The highest BCUT2D eigenvalue weighted by Gasteiger charge is 2.41. The molecule has 8 heteroatoms. The minimum atomic E-state index is -0.633. The Balaban J connectivity index is 1.78. The molecule has 0 aromatic heterocycles. The van der Waals surface area contributed by atoms with Gasteiger partial charge in [0.1, 0.15) is 16.4 Å². The van der Waals surface area contributed by atoms with Crippen molar-refractivity contribution in [2.45, 2.75) is 4.90 Å². The Morgan fingerprint density at radius 1 is 0.867 bits per heavy atom. The van der Waals surface area contributed by atoms with Crippen LogP contribution in [0.15, 0.2) is 88.3 Å². The van der Waals surface area contributed by atoms with Gasteiger partial charge in [-0.3, -0.25) is 9.59 Å². The van der Waals surface area contributed by atoms with Crippen molar-refractivity contribution in [3.05, 3.63) is 99.3 Å². The number of benzene rings is 3. The molecule has 0 aliphatic carbocycles. The Bertz CT molecular complexity index is 1180. The number of amides is 2. The average Bonchev–Trinajstić information content (AvgIpc) is 2.95. The largest absolute Gasteiger partial charge is 0.348 e. The molecule has 30 heavy (non-hydrogen) atoms. The van der Waals surface area contributed by atoms with Crippen LogP contribution in [0.3, 0.4) is 0 Å². The van der Waals surface area contributed by atoms with Crippen LogP contribution in [0.5, 0.6) is 0 Å². The van der Waals surface area contributed by atoms with E-state index in [-0.39, 0.29) is 27.0 Å². The van der Waals surface area contributed by atoms with E-state index in [0.717, 1.165) is 21.6 Å². The van der Waals surface area contributed by atoms with Gasteiger partial charge in [-0.15, -0.1) is 0 Å². The second kappa shape index (κ2) is 8.52. The second-order valence-electron chi connectivity index (χ2n) is 6.27. The first-order valence-electron chi connectivity index (χ1n) is 8.78. The van der Waals surface area contributed by atoms with Gasteiger partial charge in [-0.05, 0) is 42.5 Å². The van der Waals surface area contributed by atoms with Crippen LogP contribution in [-0.4, -0.2) is 11.8 Å². The molecule has 0 spiro atoms. The molecule has 4 nitrogen and oxygen atoms in total.